The van der Waals surface area contributed by atoms with E-state index >= 15 is 0 Å². The Hall–Kier alpha value is -3.06. The van der Waals surface area contributed by atoms with Gasteiger partial charge in [-0.3, -0.25) is 8.80 Å². The highest BCUT2D eigenvalue weighted by Crippen LogP contribution is 2.34. The van der Waals surface area contributed by atoms with Crippen molar-refractivity contribution in [3.8, 4) is 22.5 Å². The summed E-state index contributed by atoms with van der Waals surface area (Å²) in [4.78, 5) is 5.69. The maximum absolute atomic E-state index is 13.4. The largest absolute Gasteiger partial charge is 0.290 e. The topological polar surface area (TPSA) is 47.5 Å². The van der Waals surface area contributed by atoms with Gasteiger partial charge in [0.05, 0.1) is 11.4 Å². The number of hydrogen-bond acceptors (Lipinski definition) is 4. The van der Waals surface area contributed by atoms with Crippen LogP contribution in [-0.4, -0.2) is 24.0 Å². The number of fused-ring (bicyclic) bond motifs is 2. The minimum absolute atomic E-state index is 0.256. The molecule has 0 aliphatic carbocycles. The van der Waals surface area contributed by atoms with Gasteiger partial charge >= 0.3 is 0 Å². The van der Waals surface area contributed by atoms with Gasteiger partial charge in [0.15, 0.2) is 10.6 Å². The van der Waals surface area contributed by atoms with Crippen molar-refractivity contribution in [3.63, 3.8) is 0 Å². The van der Waals surface area contributed by atoms with Crippen LogP contribution < -0.4 is 0 Å². The highest BCUT2D eigenvalue weighted by atomic mass is 32.1. The molecule has 4 heterocycles. The molecule has 0 N–H and O–H groups in total. The normalized spacial score (nSPS) is 11.9. The summed E-state index contributed by atoms with van der Waals surface area (Å²) in [5.41, 5.74) is 4.52. The average molecular weight is 377 g/mol. The molecular weight excluding hydrogens is 361 g/mol. The maximum atomic E-state index is 13.4. The SMILES string of the molecule is CC(C)c1nnc2ccc(-c3c(-c4ccc(F)cc4)nc4sccn34)cn12. The summed E-state index contributed by atoms with van der Waals surface area (Å²) in [6.07, 6.45) is 4.06. The molecule has 0 saturated heterocycles. The Morgan fingerprint density at radius 2 is 1.74 bits per heavy atom. The number of nitrogens with zero attached hydrogens (tertiary/aromatic N) is 5. The van der Waals surface area contributed by atoms with Crippen LogP contribution in [0.15, 0.2) is 54.2 Å². The van der Waals surface area contributed by atoms with Crippen LogP contribution in [0.4, 0.5) is 4.39 Å². The van der Waals surface area contributed by atoms with E-state index in [1.54, 1.807) is 23.5 Å². The summed E-state index contributed by atoms with van der Waals surface area (Å²) in [7, 11) is 0. The Labute approximate surface area is 158 Å². The summed E-state index contributed by atoms with van der Waals surface area (Å²) in [5.74, 6) is 0.925. The third-order valence-corrected chi connectivity index (χ3v) is 5.35. The van der Waals surface area contributed by atoms with Crippen molar-refractivity contribution in [2.24, 2.45) is 0 Å². The predicted molar refractivity (Wildman–Crippen MR) is 105 cm³/mol. The molecule has 4 aromatic heterocycles. The van der Waals surface area contributed by atoms with Crippen molar-refractivity contribution >= 4 is 21.9 Å². The first kappa shape index (κ1) is 16.1. The molecule has 0 fully saturated rings. The summed E-state index contributed by atoms with van der Waals surface area (Å²) in [6, 6.07) is 10.5. The van der Waals surface area contributed by atoms with Crippen molar-refractivity contribution in [1.29, 1.82) is 0 Å². The zero-order valence-corrected chi connectivity index (χ0v) is 15.6. The third-order valence-electron chi connectivity index (χ3n) is 4.60. The van der Waals surface area contributed by atoms with Gasteiger partial charge in [0, 0.05) is 34.8 Å². The zero-order chi connectivity index (χ0) is 18.5. The fraction of sp³-hybridized carbons (Fsp3) is 0.150. The van der Waals surface area contributed by atoms with Crippen LogP contribution in [0.1, 0.15) is 25.6 Å². The summed E-state index contributed by atoms with van der Waals surface area (Å²) < 4.78 is 17.5. The van der Waals surface area contributed by atoms with Crippen molar-refractivity contribution in [2.75, 3.05) is 0 Å². The molecule has 0 bridgehead atoms. The van der Waals surface area contributed by atoms with Gasteiger partial charge in [-0.2, -0.15) is 0 Å². The van der Waals surface area contributed by atoms with E-state index in [2.05, 4.69) is 34.6 Å². The molecule has 0 aliphatic heterocycles. The van der Waals surface area contributed by atoms with E-state index in [4.69, 9.17) is 4.98 Å². The van der Waals surface area contributed by atoms with Crippen LogP contribution in [0.2, 0.25) is 0 Å². The summed E-state index contributed by atoms with van der Waals surface area (Å²) in [5, 5.41) is 10.6. The highest BCUT2D eigenvalue weighted by molar-refractivity contribution is 7.15. The van der Waals surface area contributed by atoms with E-state index < -0.39 is 0 Å². The van der Waals surface area contributed by atoms with Gasteiger partial charge in [-0.25, -0.2) is 9.37 Å². The molecule has 5 nitrogen and oxygen atoms in total. The summed E-state index contributed by atoms with van der Waals surface area (Å²) >= 11 is 1.57. The van der Waals surface area contributed by atoms with Crippen LogP contribution >= 0.6 is 11.3 Å². The van der Waals surface area contributed by atoms with Gasteiger partial charge in [0.25, 0.3) is 0 Å². The molecule has 27 heavy (non-hydrogen) atoms. The lowest BCUT2D eigenvalue weighted by Crippen LogP contribution is -1.98. The minimum Gasteiger partial charge on any atom is -0.290 e. The number of thiazole rings is 1. The fourth-order valence-electron chi connectivity index (χ4n) is 3.31. The number of imidazole rings is 1. The van der Waals surface area contributed by atoms with E-state index in [1.807, 2.05) is 28.1 Å². The van der Waals surface area contributed by atoms with Gasteiger partial charge < -0.3 is 0 Å². The number of rotatable bonds is 3. The molecule has 0 radical (unpaired) electrons. The van der Waals surface area contributed by atoms with Crippen LogP contribution in [0.25, 0.3) is 33.1 Å². The quantitative estimate of drug-likeness (QED) is 0.443. The van der Waals surface area contributed by atoms with Gasteiger partial charge in [-0.1, -0.05) is 13.8 Å². The smallest absolute Gasteiger partial charge is 0.194 e. The Bertz CT molecular complexity index is 1260. The zero-order valence-electron chi connectivity index (χ0n) is 14.8. The Morgan fingerprint density at radius 3 is 2.52 bits per heavy atom. The van der Waals surface area contributed by atoms with Crippen molar-refractivity contribution in [3.05, 3.63) is 65.8 Å². The van der Waals surface area contributed by atoms with Gasteiger partial charge in [0.2, 0.25) is 0 Å². The van der Waals surface area contributed by atoms with Gasteiger partial charge in [0.1, 0.15) is 11.6 Å². The van der Waals surface area contributed by atoms with E-state index in [9.17, 15) is 4.39 Å². The van der Waals surface area contributed by atoms with Crippen LogP contribution in [0.3, 0.4) is 0 Å². The number of halogens is 1. The molecule has 1 aromatic carbocycles. The molecule has 0 aliphatic rings. The standard InChI is InChI=1S/C20H16FN5S/c1-12(2)19-24-23-16-8-5-14(11-26(16)19)18-17(13-3-6-15(21)7-4-13)22-20-25(18)9-10-27-20/h3-12H,1-2H3. The number of aromatic nitrogens is 5. The molecule has 0 amide bonds. The number of benzene rings is 1. The van der Waals surface area contributed by atoms with Crippen molar-refractivity contribution < 1.29 is 4.39 Å². The molecule has 134 valence electrons. The van der Waals surface area contributed by atoms with Crippen LogP contribution in [0.5, 0.6) is 0 Å². The van der Waals surface area contributed by atoms with E-state index in [1.165, 1.54) is 12.1 Å². The highest BCUT2D eigenvalue weighted by Gasteiger charge is 2.18. The van der Waals surface area contributed by atoms with Crippen molar-refractivity contribution in [1.82, 2.24) is 24.0 Å². The predicted octanol–water partition coefficient (Wildman–Crippen LogP) is 5.04. The third kappa shape index (κ3) is 2.54. The molecule has 0 saturated carbocycles. The van der Waals surface area contributed by atoms with Gasteiger partial charge in [-0.05, 0) is 36.4 Å². The van der Waals surface area contributed by atoms with E-state index in [-0.39, 0.29) is 11.7 Å². The molecular formula is C20H16FN5S. The lowest BCUT2D eigenvalue weighted by Gasteiger charge is -2.08. The lowest BCUT2D eigenvalue weighted by molar-refractivity contribution is 0.628. The van der Waals surface area contributed by atoms with Crippen LogP contribution in [0, 0.1) is 5.82 Å². The number of hydrogen-bond donors (Lipinski definition) is 0. The van der Waals surface area contributed by atoms with Crippen LogP contribution in [-0.2, 0) is 0 Å². The second-order valence-electron chi connectivity index (χ2n) is 6.73. The van der Waals surface area contributed by atoms with Crippen molar-refractivity contribution in [2.45, 2.75) is 19.8 Å². The first-order valence-electron chi connectivity index (χ1n) is 8.68. The molecule has 0 unspecified atom stereocenters. The second-order valence-corrected chi connectivity index (χ2v) is 7.60. The Kier molecular flexibility index (Phi) is 3.58. The fourth-order valence-corrected chi connectivity index (χ4v) is 4.03. The Balaban J connectivity index is 1.78. The number of pyridine rings is 1. The first-order valence-corrected chi connectivity index (χ1v) is 9.56. The average Bonchev–Trinajstić information content (AvgIpc) is 3.35. The maximum Gasteiger partial charge on any atom is 0.194 e. The molecule has 5 rings (SSSR count). The summed E-state index contributed by atoms with van der Waals surface area (Å²) in [6.45, 7) is 4.20. The van der Waals surface area contributed by atoms with Gasteiger partial charge in [-0.15, -0.1) is 21.5 Å². The first-order chi connectivity index (χ1) is 13.1. The molecule has 0 spiro atoms. The molecule has 5 aromatic rings. The Morgan fingerprint density at radius 1 is 0.963 bits per heavy atom. The second kappa shape index (κ2) is 5.99. The molecule has 7 heteroatoms. The molecule has 0 atom stereocenters. The minimum atomic E-state index is -0.256. The van der Waals surface area contributed by atoms with E-state index in [0.29, 0.717) is 0 Å². The lowest BCUT2D eigenvalue weighted by atomic mass is 10.1. The monoisotopic (exact) mass is 377 g/mol. The van der Waals surface area contributed by atoms with E-state index in [0.717, 1.165) is 38.9 Å².